The first kappa shape index (κ1) is 16.8. The van der Waals surface area contributed by atoms with Gasteiger partial charge in [0.2, 0.25) is 0 Å². The highest BCUT2D eigenvalue weighted by Crippen LogP contribution is 2.23. The van der Waals surface area contributed by atoms with Gasteiger partial charge in [-0.2, -0.15) is 0 Å². The number of benzene rings is 1. The largest absolute Gasteiger partial charge is 0.314 e. The maximum absolute atomic E-state index is 11.7. The Morgan fingerprint density at radius 3 is 2.67 bits per heavy atom. The number of rotatable bonds is 9. The van der Waals surface area contributed by atoms with Crippen molar-refractivity contribution in [2.75, 3.05) is 18.1 Å². The molecule has 2 rings (SSSR count). The van der Waals surface area contributed by atoms with Gasteiger partial charge in [0.1, 0.15) is 9.84 Å². The Morgan fingerprint density at radius 1 is 1.33 bits per heavy atom. The predicted octanol–water partition coefficient (Wildman–Crippen LogP) is 3.08. The first-order chi connectivity index (χ1) is 10.00. The third-order valence-corrected chi connectivity index (χ3v) is 6.12. The lowest BCUT2D eigenvalue weighted by Gasteiger charge is -2.18. The SMILES string of the molecule is CCS(=O)(=O)CCC(CNC1CC1)Cc1ccccc1Cl. The second kappa shape index (κ2) is 7.61. The summed E-state index contributed by atoms with van der Waals surface area (Å²) >= 11 is 6.22. The van der Waals surface area contributed by atoms with E-state index in [0.717, 1.165) is 23.6 Å². The van der Waals surface area contributed by atoms with E-state index in [1.165, 1.54) is 12.8 Å². The zero-order chi connectivity index (χ0) is 15.3. The van der Waals surface area contributed by atoms with Crippen LogP contribution in [0.2, 0.25) is 5.02 Å². The number of nitrogens with one attached hydrogen (secondary N) is 1. The summed E-state index contributed by atoms with van der Waals surface area (Å²) in [4.78, 5) is 0. The lowest BCUT2D eigenvalue weighted by atomic mass is 9.96. The fraction of sp³-hybridized carbons (Fsp3) is 0.625. The smallest absolute Gasteiger partial charge is 0.150 e. The first-order valence-corrected chi connectivity index (χ1v) is 9.87. The number of halogens is 1. The van der Waals surface area contributed by atoms with Gasteiger partial charge in [-0.05, 0) is 49.8 Å². The molecule has 0 aliphatic heterocycles. The summed E-state index contributed by atoms with van der Waals surface area (Å²) in [6.45, 7) is 2.58. The molecule has 1 aromatic carbocycles. The molecule has 0 amide bonds. The van der Waals surface area contributed by atoms with Crippen molar-refractivity contribution >= 4 is 21.4 Å². The van der Waals surface area contributed by atoms with Crippen LogP contribution >= 0.6 is 11.6 Å². The van der Waals surface area contributed by atoms with E-state index in [-0.39, 0.29) is 11.5 Å². The van der Waals surface area contributed by atoms with E-state index in [9.17, 15) is 8.42 Å². The highest BCUT2D eigenvalue weighted by molar-refractivity contribution is 7.91. The van der Waals surface area contributed by atoms with Crippen molar-refractivity contribution in [2.45, 2.75) is 38.6 Å². The van der Waals surface area contributed by atoms with Gasteiger partial charge >= 0.3 is 0 Å². The molecular weight excluding hydrogens is 306 g/mol. The van der Waals surface area contributed by atoms with E-state index < -0.39 is 9.84 Å². The van der Waals surface area contributed by atoms with Crippen LogP contribution in [-0.2, 0) is 16.3 Å². The van der Waals surface area contributed by atoms with Gasteiger partial charge in [0, 0.05) is 16.8 Å². The quantitative estimate of drug-likeness (QED) is 0.757. The van der Waals surface area contributed by atoms with Crippen LogP contribution in [0.25, 0.3) is 0 Å². The molecule has 1 fully saturated rings. The van der Waals surface area contributed by atoms with Crippen molar-refractivity contribution in [1.29, 1.82) is 0 Å². The first-order valence-electron chi connectivity index (χ1n) is 7.67. The van der Waals surface area contributed by atoms with E-state index in [2.05, 4.69) is 5.32 Å². The predicted molar refractivity (Wildman–Crippen MR) is 88.6 cm³/mol. The zero-order valence-corrected chi connectivity index (χ0v) is 14.1. The third-order valence-electron chi connectivity index (χ3n) is 4.02. The van der Waals surface area contributed by atoms with Gasteiger partial charge < -0.3 is 5.32 Å². The van der Waals surface area contributed by atoms with E-state index >= 15 is 0 Å². The molecule has 1 saturated carbocycles. The number of hydrogen-bond donors (Lipinski definition) is 1. The molecule has 0 aromatic heterocycles. The molecule has 0 bridgehead atoms. The van der Waals surface area contributed by atoms with Gasteiger partial charge in [-0.25, -0.2) is 8.42 Å². The summed E-state index contributed by atoms with van der Waals surface area (Å²) in [5, 5.41) is 4.28. The van der Waals surface area contributed by atoms with Gasteiger partial charge in [0.25, 0.3) is 0 Å². The minimum Gasteiger partial charge on any atom is -0.314 e. The van der Waals surface area contributed by atoms with E-state index in [1.807, 2.05) is 24.3 Å². The molecule has 5 heteroatoms. The van der Waals surface area contributed by atoms with Gasteiger partial charge in [0.15, 0.2) is 0 Å². The second-order valence-corrected chi connectivity index (χ2v) is 8.75. The summed E-state index contributed by atoms with van der Waals surface area (Å²) in [6, 6.07) is 8.47. The Bertz CT molecular complexity index is 555. The van der Waals surface area contributed by atoms with Crippen LogP contribution in [0, 0.1) is 5.92 Å². The standard InChI is InChI=1S/C16H24ClNO2S/c1-2-21(19,20)10-9-13(12-18-15-7-8-15)11-14-5-3-4-6-16(14)17/h3-6,13,15,18H,2,7-12H2,1H3. The molecule has 1 N–H and O–H groups in total. The van der Waals surface area contributed by atoms with E-state index in [0.29, 0.717) is 18.4 Å². The van der Waals surface area contributed by atoms with Crippen LogP contribution in [-0.4, -0.2) is 32.5 Å². The van der Waals surface area contributed by atoms with Crippen molar-refractivity contribution in [1.82, 2.24) is 5.32 Å². The summed E-state index contributed by atoms with van der Waals surface area (Å²) in [5.41, 5.74) is 1.11. The summed E-state index contributed by atoms with van der Waals surface area (Å²) < 4.78 is 23.5. The molecule has 1 aliphatic rings. The van der Waals surface area contributed by atoms with Crippen molar-refractivity contribution in [3.05, 3.63) is 34.9 Å². The second-order valence-electron chi connectivity index (χ2n) is 5.87. The third kappa shape index (κ3) is 5.97. The summed E-state index contributed by atoms with van der Waals surface area (Å²) in [5.74, 6) is 0.805. The maximum Gasteiger partial charge on any atom is 0.150 e. The molecule has 0 heterocycles. The molecule has 3 nitrogen and oxygen atoms in total. The molecular formula is C16H24ClNO2S. The molecule has 0 spiro atoms. The average molecular weight is 330 g/mol. The maximum atomic E-state index is 11.7. The molecule has 1 aromatic rings. The van der Waals surface area contributed by atoms with E-state index in [1.54, 1.807) is 6.92 Å². The highest BCUT2D eigenvalue weighted by atomic mass is 35.5. The van der Waals surface area contributed by atoms with E-state index in [4.69, 9.17) is 11.6 Å². The minimum absolute atomic E-state index is 0.224. The summed E-state index contributed by atoms with van der Waals surface area (Å²) in [6.07, 6.45) is 4.01. The lowest BCUT2D eigenvalue weighted by molar-refractivity contribution is 0.457. The van der Waals surface area contributed by atoms with Crippen LogP contribution in [0.15, 0.2) is 24.3 Å². The lowest BCUT2D eigenvalue weighted by Crippen LogP contribution is -2.28. The van der Waals surface area contributed by atoms with Crippen molar-refractivity contribution in [2.24, 2.45) is 5.92 Å². The van der Waals surface area contributed by atoms with Crippen LogP contribution in [0.4, 0.5) is 0 Å². The van der Waals surface area contributed by atoms with Crippen LogP contribution < -0.4 is 5.32 Å². The van der Waals surface area contributed by atoms with Gasteiger partial charge in [-0.1, -0.05) is 36.7 Å². The molecule has 118 valence electrons. The number of sulfone groups is 1. The fourth-order valence-corrected chi connectivity index (χ4v) is 3.56. The van der Waals surface area contributed by atoms with Gasteiger partial charge in [-0.3, -0.25) is 0 Å². The monoisotopic (exact) mass is 329 g/mol. The zero-order valence-electron chi connectivity index (χ0n) is 12.5. The Balaban J connectivity index is 1.95. The Labute approximate surface area is 133 Å². The minimum atomic E-state index is -2.90. The molecule has 1 aliphatic carbocycles. The van der Waals surface area contributed by atoms with Crippen LogP contribution in [0.3, 0.4) is 0 Å². The Kier molecular flexibility index (Phi) is 6.08. The molecule has 0 radical (unpaired) electrons. The normalized spacial score (nSPS) is 16.9. The van der Waals surface area contributed by atoms with Crippen molar-refractivity contribution in [3.8, 4) is 0 Å². The molecule has 21 heavy (non-hydrogen) atoms. The van der Waals surface area contributed by atoms with Crippen LogP contribution in [0.5, 0.6) is 0 Å². The van der Waals surface area contributed by atoms with Gasteiger partial charge in [0.05, 0.1) is 5.75 Å². The van der Waals surface area contributed by atoms with Crippen LogP contribution in [0.1, 0.15) is 31.7 Å². The Hall–Kier alpha value is -0.580. The van der Waals surface area contributed by atoms with Crippen molar-refractivity contribution < 1.29 is 8.42 Å². The molecule has 1 atom stereocenters. The summed E-state index contributed by atoms with van der Waals surface area (Å²) in [7, 11) is -2.90. The molecule has 0 saturated heterocycles. The number of hydrogen-bond acceptors (Lipinski definition) is 3. The van der Waals surface area contributed by atoms with Gasteiger partial charge in [-0.15, -0.1) is 0 Å². The molecule has 1 unspecified atom stereocenters. The topological polar surface area (TPSA) is 46.2 Å². The Morgan fingerprint density at radius 2 is 2.05 bits per heavy atom. The van der Waals surface area contributed by atoms with Crippen molar-refractivity contribution in [3.63, 3.8) is 0 Å². The highest BCUT2D eigenvalue weighted by Gasteiger charge is 2.23. The fourth-order valence-electron chi connectivity index (χ4n) is 2.36. The average Bonchev–Trinajstić information content (AvgIpc) is 3.28.